The summed E-state index contributed by atoms with van der Waals surface area (Å²) in [7, 11) is 1.62. The van der Waals surface area contributed by atoms with Gasteiger partial charge in [0.15, 0.2) is 5.60 Å². The van der Waals surface area contributed by atoms with E-state index in [-0.39, 0.29) is 0 Å². The number of hydrogen-bond acceptors (Lipinski definition) is 2. The molecule has 0 atom stereocenters. The lowest BCUT2D eigenvalue weighted by Gasteiger charge is -2.43. The summed E-state index contributed by atoms with van der Waals surface area (Å²) >= 11 is 0. The zero-order chi connectivity index (χ0) is 8.48. The molecule has 11 heavy (non-hydrogen) atoms. The standard InChI is InChI=1S/C9H15NO/c1-7(2)8-4-9(5-8,6-10)11-3/h7-8H,4-5H2,1-3H3/t8-,9-. The van der Waals surface area contributed by atoms with E-state index in [2.05, 4.69) is 19.9 Å². The molecule has 0 N–H and O–H groups in total. The Morgan fingerprint density at radius 3 is 2.36 bits per heavy atom. The van der Waals surface area contributed by atoms with Crippen LogP contribution in [-0.2, 0) is 4.74 Å². The van der Waals surface area contributed by atoms with Gasteiger partial charge in [0.05, 0.1) is 6.07 Å². The van der Waals surface area contributed by atoms with Gasteiger partial charge in [0.2, 0.25) is 0 Å². The zero-order valence-electron chi connectivity index (χ0n) is 7.42. The molecule has 0 saturated heterocycles. The predicted molar refractivity (Wildman–Crippen MR) is 42.9 cm³/mol. The van der Waals surface area contributed by atoms with Gasteiger partial charge in [-0.05, 0) is 24.7 Å². The molecule has 1 fully saturated rings. The van der Waals surface area contributed by atoms with Crippen molar-refractivity contribution in [2.75, 3.05) is 7.11 Å². The summed E-state index contributed by atoms with van der Waals surface area (Å²) in [5.41, 5.74) is -0.436. The third kappa shape index (κ3) is 1.39. The molecular weight excluding hydrogens is 138 g/mol. The van der Waals surface area contributed by atoms with Crippen LogP contribution < -0.4 is 0 Å². The molecule has 1 aliphatic carbocycles. The number of hydrogen-bond donors (Lipinski definition) is 0. The highest BCUT2D eigenvalue weighted by molar-refractivity contribution is 5.11. The van der Waals surface area contributed by atoms with Crippen molar-refractivity contribution >= 4 is 0 Å². The highest BCUT2D eigenvalue weighted by Gasteiger charge is 2.45. The van der Waals surface area contributed by atoms with Crippen LogP contribution in [0, 0.1) is 23.2 Å². The van der Waals surface area contributed by atoms with Crippen molar-refractivity contribution in [3.8, 4) is 6.07 Å². The maximum absolute atomic E-state index is 8.76. The molecule has 0 aromatic carbocycles. The number of rotatable bonds is 2. The minimum absolute atomic E-state index is 0.436. The van der Waals surface area contributed by atoms with Crippen molar-refractivity contribution in [3.63, 3.8) is 0 Å². The van der Waals surface area contributed by atoms with Gasteiger partial charge in [-0.15, -0.1) is 0 Å². The Kier molecular flexibility index (Phi) is 2.20. The Morgan fingerprint density at radius 2 is 2.09 bits per heavy atom. The summed E-state index contributed by atoms with van der Waals surface area (Å²) in [5.74, 6) is 1.38. The van der Waals surface area contributed by atoms with Crippen LogP contribution in [0.4, 0.5) is 0 Å². The number of ether oxygens (including phenoxy) is 1. The first-order chi connectivity index (χ1) is 5.13. The lowest BCUT2D eigenvalue weighted by molar-refractivity contribution is -0.0727. The highest BCUT2D eigenvalue weighted by Crippen LogP contribution is 2.43. The first kappa shape index (κ1) is 8.55. The topological polar surface area (TPSA) is 33.0 Å². The normalized spacial score (nSPS) is 36.5. The third-order valence-corrected chi connectivity index (χ3v) is 2.72. The summed E-state index contributed by atoms with van der Waals surface area (Å²) in [4.78, 5) is 0. The molecule has 1 rings (SSSR count). The van der Waals surface area contributed by atoms with Gasteiger partial charge >= 0.3 is 0 Å². The summed E-state index contributed by atoms with van der Waals surface area (Å²) in [6, 6.07) is 2.23. The summed E-state index contributed by atoms with van der Waals surface area (Å²) in [5, 5.41) is 8.76. The molecular formula is C9H15NO. The molecule has 2 heteroatoms. The molecule has 2 nitrogen and oxygen atoms in total. The van der Waals surface area contributed by atoms with Crippen LogP contribution in [-0.4, -0.2) is 12.7 Å². The van der Waals surface area contributed by atoms with Crippen LogP contribution in [0.3, 0.4) is 0 Å². The molecule has 1 aliphatic rings. The van der Waals surface area contributed by atoms with Crippen molar-refractivity contribution in [3.05, 3.63) is 0 Å². The summed E-state index contributed by atoms with van der Waals surface area (Å²) in [6.07, 6.45) is 1.83. The van der Waals surface area contributed by atoms with Crippen molar-refractivity contribution < 1.29 is 4.74 Å². The molecule has 0 radical (unpaired) electrons. The van der Waals surface area contributed by atoms with Crippen LogP contribution >= 0.6 is 0 Å². The lowest BCUT2D eigenvalue weighted by atomic mass is 9.67. The molecule has 62 valence electrons. The molecule has 0 unspecified atom stereocenters. The maximum Gasteiger partial charge on any atom is 0.154 e. The molecule has 0 amide bonds. The SMILES string of the molecule is CO[C@]1(C#N)C[C@@H](C(C)C)C1. The van der Waals surface area contributed by atoms with Gasteiger partial charge in [-0.2, -0.15) is 5.26 Å². The number of nitrogens with zero attached hydrogens (tertiary/aromatic N) is 1. The van der Waals surface area contributed by atoms with E-state index in [1.807, 2.05) is 0 Å². The van der Waals surface area contributed by atoms with E-state index in [9.17, 15) is 0 Å². The molecule has 0 aromatic rings. The Labute approximate surface area is 68.2 Å². The second-order valence-corrected chi connectivity index (χ2v) is 3.72. The first-order valence-electron chi connectivity index (χ1n) is 4.10. The Bertz CT molecular complexity index is 174. The van der Waals surface area contributed by atoms with E-state index < -0.39 is 5.60 Å². The Hall–Kier alpha value is -0.550. The van der Waals surface area contributed by atoms with Crippen LogP contribution in [0.15, 0.2) is 0 Å². The predicted octanol–water partition coefficient (Wildman–Crippen LogP) is 1.96. The quantitative estimate of drug-likeness (QED) is 0.607. The van der Waals surface area contributed by atoms with Crippen LogP contribution in [0.2, 0.25) is 0 Å². The van der Waals surface area contributed by atoms with Gasteiger partial charge in [-0.3, -0.25) is 0 Å². The molecule has 0 aliphatic heterocycles. The molecule has 0 bridgehead atoms. The fraction of sp³-hybridized carbons (Fsp3) is 0.889. The van der Waals surface area contributed by atoms with Crippen LogP contribution in [0.25, 0.3) is 0 Å². The molecule has 0 aromatic heterocycles. The minimum atomic E-state index is -0.436. The summed E-state index contributed by atoms with van der Waals surface area (Å²) < 4.78 is 5.14. The van der Waals surface area contributed by atoms with E-state index in [0.29, 0.717) is 11.8 Å². The smallest absolute Gasteiger partial charge is 0.154 e. The van der Waals surface area contributed by atoms with Gasteiger partial charge in [0.1, 0.15) is 0 Å². The van der Waals surface area contributed by atoms with Crippen LogP contribution in [0.5, 0.6) is 0 Å². The van der Waals surface area contributed by atoms with Gasteiger partial charge < -0.3 is 4.74 Å². The fourth-order valence-corrected chi connectivity index (χ4v) is 1.56. The van der Waals surface area contributed by atoms with E-state index in [1.165, 1.54) is 0 Å². The fourth-order valence-electron chi connectivity index (χ4n) is 1.56. The molecule has 0 heterocycles. The number of nitriles is 1. The average molecular weight is 153 g/mol. The van der Waals surface area contributed by atoms with Crippen molar-refractivity contribution in [2.24, 2.45) is 11.8 Å². The van der Waals surface area contributed by atoms with Crippen LogP contribution in [0.1, 0.15) is 26.7 Å². The first-order valence-corrected chi connectivity index (χ1v) is 4.10. The zero-order valence-corrected chi connectivity index (χ0v) is 7.42. The Morgan fingerprint density at radius 1 is 1.55 bits per heavy atom. The Balaban J connectivity index is 2.44. The van der Waals surface area contributed by atoms with Gasteiger partial charge in [-0.1, -0.05) is 13.8 Å². The second kappa shape index (κ2) is 2.83. The highest BCUT2D eigenvalue weighted by atomic mass is 16.5. The van der Waals surface area contributed by atoms with E-state index in [4.69, 9.17) is 10.00 Å². The lowest BCUT2D eigenvalue weighted by Crippen LogP contribution is -2.46. The van der Waals surface area contributed by atoms with Crippen molar-refractivity contribution in [1.82, 2.24) is 0 Å². The van der Waals surface area contributed by atoms with E-state index in [0.717, 1.165) is 12.8 Å². The van der Waals surface area contributed by atoms with Crippen molar-refractivity contribution in [2.45, 2.75) is 32.3 Å². The van der Waals surface area contributed by atoms with Gasteiger partial charge in [0.25, 0.3) is 0 Å². The third-order valence-electron chi connectivity index (χ3n) is 2.72. The van der Waals surface area contributed by atoms with Gasteiger partial charge in [-0.25, -0.2) is 0 Å². The number of methoxy groups -OCH3 is 1. The van der Waals surface area contributed by atoms with Gasteiger partial charge in [0, 0.05) is 7.11 Å². The van der Waals surface area contributed by atoms with Crippen molar-refractivity contribution in [1.29, 1.82) is 5.26 Å². The molecule has 1 saturated carbocycles. The average Bonchev–Trinajstić information content (AvgIpc) is 1.87. The largest absolute Gasteiger partial charge is 0.363 e. The second-order valence-electron chi connectivity index (χ2n) is 3.72. The maximum atomic E-state index is 8.76. The summed E-state index contributed by atoms with van der Waals surface area (Å²) in [6.45, 7) is 4.39. The minimum Gasteiger partial charge on any atom is -0.363 e. The van der Waals surface area contributed by atoms with E-state index in [1.54, 1.807) is 7.11 Å². The monoisotopic (exact) mass is 153 g/mol. The molecule has 0 spiro atoms. The van der Waals surface area contributed by atoms with E-state index >= 15 is 0 Å².